The van der Waals surface area contributed by atoms with Crippen molar-refractivity contribution in [2.75, 3.05) is 4.90 Å². The van der Waals surface area contributed by atoms with E-state index in [9.17, 15) is 0 Å². The highest BCUT2D eigenvalue weighted by Crippen LogP contribution is 2.51. The quantitative estimate of drug-likeness (QED) is 0.152. The number of anilines is 2. The Kier molecular flexibility index (Phi) is 9.52. The van der Waals surface area contributed by atoms with Gasteiger partial charge in [-0.2, -0.15) is 0 Å². The second-order valence-electron chi connectivity index (χ2n) is 18.2. The van der Waals surface area contributed by atoms with Gasteiger partial charge in [0.25, 0.3) is 0 Å². The Bertz CT molecular complexity index is 4070. The lowest BCUT2D eigenvalue weighted by molar-refractivity contribution is 0.891. The molecule has 0 amide bonds. The van der Waals surface area contributed by atoms with Crippen LogP contribution in [0.2, 0.25) is 0 Å². The van der Waals surface area contributed by atoms with Gasteiger partial charge in [0.15, 0.2) is 23.1 Å². The van der Waals surface area contributed by atoms with Gasteiger partial charge < -0.3 is 4.90 Å². The molecule has 1 aliphatic heterocycles. The van der Waals surface area contributed by atoms with E-state index in [0.717, 1.165) is 73.3 Å². The lowest BCUT2D eigenvalue weighted by Gasteiger charge is -2.25. The molecule has 1 atom stereocenters. The number of hydrogen-bond acceptors (Lipinski definition) is 5. The lowest BCUT2D eigenvalue weighted by Crippen LogP contribution is -2.38. The highest BCUT2D eigenvalue weighted by molar-refractivity contribution is 5.97. The molecule has 0 radical (unpaired) electrons. The molecule has 14 rings (SSSR count). The number of aromatic nitrogens is 6. The monoisotopic (exact) mass is 909 g/mol. The van der Waals surface area contributed by atoms with Crippen LogP contribution in [-0.2, 0) is 0 Å². The third-order valence-electron chi connectivity index (χ3n) is 14.0. The van der Waals surface area contributed by atoms with E-state index < -0.39 is 0 Å². The highest BCUT2D eigenvalue weighted by Gasteiger charge is 2.38. The molecule has 4 heterocycles. The van der Waals surface area contributed by atoms with Gasteiger partial charge in [-0.3, -0.25) is 9.13 Å². The first-order valence-corrected chi connectivity index (χ1v) is 24.2. The summed E-state index contributed by atoms with van der Waals surface area (Å²) in [4.78, 5) is 23.5. The first-order valence-electron chi connectivity index (χ1n) is 24.2. The molecular weight excluding hydrogens is 867 g/mol. The Labute approximate surface area is 410 Å². The van der Waals surface area contributed by atoms with Crippen LogP contribution in [-0.4, -0.2) is 29.1 Å². The topological polar surface area (TPSA) is 64.7 Å². The average Bonchev–Trinajstić information content (AvgIpc) is 4.11. The van der Waals surface area contributed by atoms with Crippen LogP contribution in [0.1, 0.15) is 17.9 Å². The van der Waals surface area contributed by atoms with Crippen LogP contribution >= 0.6 is 0 Å². The van der Waals surface area contributed by atoms with Gasteiger partial charge in [0, 0.05) is 61.8 Å². The van der Waals surface area contributed by atoms with Gasteiger partial charge in [0.1, 0.15) is 11.3 Å². The van der Waals surface area contributed by atoms with Gasteiger partial charge in [0.2, 0.25) is 0 Å². The van der Waals surface area contributed by atoms with Crippen LogP contribution in [0, 0.1) is 0 Å². The fourth-order valence-corrected chi connectivity index (χ4v) is 10.8. The summed E-state index contributed by atoms with van der Waals surface area (Å²) in [6.07, 6.45) is 3.25. The predicted molar refractivity (Wildman–Crippen MR) is 288 cm³/mol. The second kappa shape index (κ2) is 16.6. The molecule has 0 bridgehead atoms. The standard InChI is InChI=1S/C64H43N7/c1-5-19-44(20-6-1)60-65-61(45-21-7-2-8-22-45)67-62(66-60)49-26-17-29-52(41-49)70-56-39-38-54-53-30-15-16-31-55(53)69(51-36-34-43(35-37-51)48-33-32-42-18-13-14-25-47(42)40-48)58(54)57(56)59-64(70)68-63(46-23-9-3-10-24-46)71(59)50-27-11-4-12-28-50/h1-37,39-41,54H,38H2. The van der Waals surface area contributed by atoms with Gasteiger partial charge in [-0.05, 0) is 82.4 Å². The van der Waals surface area contributed by atoms with E-state index in [1.165, 1.54) is 38.8 Å². The summed E-state index contributed by atoms with van der Waals surface area (Å²) >= 11 is 0. The van der Waals surface area contributed by atoms with Crippen molar-refractivity contribution in [1.82, 2.24) is 29.1 Å². The van der Waals surface area contributed by atoms with Crippen LogP contribution in [0.15, 0.2) is 237 Å². The number of para-hydroxylation sites is 2. The molecule has 1 aliphatic carbocycles. The zero-order chi connectivity index (χ0) is 46.8. The molecule has 7 heteroatoms. The van der Waals surface area contributed by atoms with Crippen molar-refractivity contribution in [3.05, 3.63) is 253 Å². The number of hydrogen-bond donors (Lipinski definition) is 0. The van der Waals surface area contributed by atoms with Crippen molar-refractivity contribution >= 4 is 45.1 Å². The molecule has 334 valence electrons. The average molecular weight is 910 g/mol. The molecule has 9 aromatic carbocycles. The number of fused-ring (bicyclic) bond motifs is 7. The number of rotatable bonds is 8. The largest absolute Gasteiger partial charge is 0.313 e. The summed E-state index contributed by atoms with van der Waals surface area (Å²) in [5.74, 6) is 2.82. The number of imidazole rings is 1. The zero-order valence-corrected chi connectivity index (χ0v) is 38.5. The fraction of sp³-hybridized carbons (Fsp3) is 0.0312. The van der Waals surface area contributed by atoms with Crippen LogP contribution < -0.4 is 15.5 Å². The summed E-state index contributed by atoms with van der Waals surface area (Å²) in [6.45, 7) is 0. The van der Waals surface area contributed by atoms with Gasteiger partial charge in [-0.25, -0.2) is 19.9 Å². The molecule has 2 aliphatic rings. The minimum absolute atomic E-state index is 0.113. The minimum Gasteiger partial charge on any atom is -0.313 e. The van der Waals surface area contributed by atoms with E-state index in [-0.39, 0.29) is 5.92 Å². The van der Waals surface area contributed by atoms with Crippen LogP contribution in [0.25, 0.3) is 102 Å². The maximum absolute atomic E-state index is 5.71. The summed E-state index contributed by atoms with van der Waals surface area (Å²) in [5.41, 5.74) is 14.9. The summed E-state index contributed by atoms with van der Waals surface area (Å²) < 4.78 is 4.74. The Morgan fingerprint density at radius 3 is 1.65 bits per heavy atom. The van der Waals surface area contributed by atoms with E-state index in [2.05, 4.69) is 196 Å². The molecule has 0 N–H and O–H groups in total. The molecule has 0 spiro atoms. The SMILES string of the molecule is C1=c2c(c3c(nc(-c4ccccc4)n3-c3ccccc3)n2-c2cccc(-c3nc(-c4ccccc4)nc(-c4ccccc4)n3)c2)=C2C(C1)c1ccccc1N2c1ccc(-c2ccc3ccccc3c2)cc1. The van der Waals surface area contributed by atoms with Crippen molar-refractivity contribution in [2.45, 2.75) is 12.3 Å². The first-order chi connectivity index (χ1) is 35.2. The highest BCUT2D eigenvalue weighted by atomic mass is 15.2. The lowest BCUT2D eigenvalue weighted by atomic mass is 9.91. The molecule has 12 aromatic rings. The van der Waals surface area contributed by atoms with Crippen molar-refractivity contribution in [2.24, 2.45) is 0 Å². The number of benzene rings is 9. The molecule has 3 aromatic heterocycles. The summed E-state index contributed by atoms with van der Waals surface area (Å²) in [7, 11) is 0. The maximum atomic E-state index is 5.71. The Morgan fingerprint density at radius 1 is 0.380 bits per heavy atom. The molecule has 7 nitrogen and oxygen atoms in total. The molecule has 71 heavy (non-hydrogen) atoms. The molecular formula is C64H43N7. The second-order valence-corrected chi connectivity index (χ2v) is 18.2. The number of nitrogens with zero attached hydrogens (tertiary/aromatic N) is 7. The van der Waals surface area contributed by atoms with Crippen LogP contribution in [0.3, 0.4) is 0 Å². The van der Waals surface area contributed by atoms with Crippen LogP contribution in [0.4, 0.5) is 11.4 Å². The smallest absolute Gasteiger partial charge is 0.165 e. The van der Waals surface area contributed by atoms with Gasteiger partial charge in [-0.1, -0.05) is 194 Å². The van der Waals surface area contributed by atoms with Gasteiger partial charge in [-0.15, -0.1) is 0 Å². The van der Waals surface area contributed by atoms with Gasteiger partial charge >= 0.3 is 0 Å². The normalized spacial score (nSPS) is 13.8. The minimum atomic E-state index is 0.113. The summed E-state index contributed by atoms with van der Waals surface area (Å²) in [5, 5.41) is 4.74. The molecule has 0 fully saturated rings. The summed E-state index contributed by atoms with van der Waals surface area (Å²) in [6, 6.07) is 83.5. The van der Waals surface area contributed by atoms with Crippen LogP contribution in [0.5, 0.6) is 0 Å². The molecule has 1 unspecified atom stereocenters. The molecule has 0 saturated heterocycles. The fourth-order valence-electron chi connectivity index (χ4n) is 10.8. The van der Waals surface area contributed by atoms with E-state index in [4.69, 9.17) is 19.9 Å². The van der Waals surface area contributed by atoms with E-state index in [1.807, 2.05) is 60.7 Å². The van der Waals surface area contributed by atoms with E-state index in [0.29, 0.717) is 17.5 Å². The first kappa shape index (κ1) is 40.6. The third kappa shape index (κ3) is 6.81. The van der Waals surface area contributed by atoms with E-state index >= 15 is 0 Å². The maximum Gasteiger partial charge on any atom is 0.165 e. The van der Waals surface area contributed by atoms with Gasteiger partial charge in [0.05, 0.1) is 5.35 Å². The van der Waals surface area contributed by atoms with Crippen molar-refractivity contribution < 1.29 is 0 Å². The zero-order valence-electron chi connectivity index (χ0n) is 38.5. The Balaban J connectivity index is 1.03. The van der Waals surface area contributed by atoms with Crippen molar-refractivity contribution in [3.63, 3.8) is 0 Å². The van der Waals surface area contributed by atoms with Crippen molar-refractivity contribution in [3.8, 4) is 68.1 Å². The Morgan fingerprint density at radius 2 is 0.944 bits per heavy atom. The predicted octanol–water partition coefficient (Wildman–Crippen LogP) is 13.7. The van der Waals surface area contributed by atoms with Crippen molar-refractivity contribution in [1.29, 1.82) is 0 Å². The van der Waals surface area contributed by atoms with E-state index in [1.54, 1.807) is 0 Å². The molecule has 0 saturated carbocycles. The Hall–Kier alpha value is -9.46. The third-order valence-corrected chi connectivity index (χ3v) is 14.0.